The maximum atomic E-state index is 12.4. The first-order valence-electron chi connectivity index (χ1n) is 7.76. The third kappa shape index (κ3) is 2.36. The van der Waals surface area contributed by atoms with Gasteiger partial charge in [0.2, 0.25) is 0 Å². The maximum absolute atomic E-state index is 12.4. The first-order valence-corrected chi connectivity index (χ1v) is 7.76. The molecule has 1 fully saturated rings. The Morgan fingerprint density at radius 3 is 2.64 bits per heavy atom. The van der Waals surface area contributed by atoms with Crippen molar-refractivity contribution in [1.29, 1.82) is 0 Å². The first kappa shape index (κ1) is 15.3. The van der Waals surface area contributed by atoms with Crippen molar-refractivity contribution in [3.8, 4) is 11.5 Å². The molecule has 7 heteroatoms. The van der Waals surface area contributed by atoms with Gasteiger partial charge in [-0.15, -0.1) is 0 Å². The van der Waals surface area contributed by atoms with Gasteiger partial charge in [0.15, 0.2) is 11.5 Å². The van der Waals surface area contributed by atoms with Crippen molar-refractivity contribution < 1.29 is 28.6 Å². The molecule has 1 unspecified atom stereocenters. The molecule has 0 aliphatic carbocycles. The van der Waals surface area contributed by atoms with Crippen LogP contribution in [0.3, 0.4) is 0 Å². The summed E-state index contributed by atoms with van der Waals surface area (Å²) < 4.78 is 16.3. The number of rotatable bonds is 2. The largest absolute Gasteiger partial charge is 0.507 e. The smallest absolute Gasteiger partial charge is 0.295 e. The highest BCUT2D eigenvalue weighted by atomic mass is 16.6. The average molecular weight is 341 g/mol. The maximum Gasteiger partial charge on any atom is 0.295 e. The third-order valence-corrected chi connectivity index (χ3v) is 4.30. The summed E-state index contributed by atoms with van der Waals surface area (Å²) >= 11 is 0. The number of carbonyl (C=O) groups excluding carboxylic acids is 2. The summed E-state index contributed by atoms with van der Waals surface area (Å²) in [7, 11) is 1.50. The molecule has 1 aromatic heterocycles. The van der Waals surface area contributed by atoms with E-state index in [0.29, 0.717) is 36.0 Å². The number of aliphatic hydroxyl groups excluding tert-OH is 1. The Morgan fingerprint density at radius 1 is 1.16 bits per heavy atom. The van der Waals surface area contributed by atoms with Crippen LogP contribution in [0.4, 0.5) is 0 Å². The minimum atomic E-state index is -0.775. The van der Waals surface area contributed by atoms with E-state index >= 15 is 0 Å². The third-order valence-electron chi connectivity index (χ3n) is 4.30. The van der Waals surface area contributed by atoms with Crippen LogP contribution < -0.4 is 9.47 Å². The summed E-state index contributed by atoms with van der Waals surface area (Å²) in [6, 6.07) is 7.41. The highest BCUT2D eigenvalue weighted by Crippen LogP contribution is 2.40. The molecule has 2 aromatic rings. The highest BCUT2D eigenvalue weighted by molar-refractivity contribution is 6.46. The second-order valence-electron chi connectivity index (χ2n) is 5.78. The molecule has 2 aliphatic rings. The van der Waals surface area contributed by atoms with Gasteiger partial charge in [-0.2, -0.15) is 0 Å². The highest BCUT2D eigenvalue weighted by Gasteiger charge is 2.45. The van der Waals surface area contributed by atoms with E-state index in [9.17, 15) is 14.7 Å². The Morgan fingerprint density at radius 2 is 1.92 bits per heavy atom. The van der Waals surface area contributed by atoms with Gasteiger partial charge in [-0.05, 0) is 30.3 Å². The molecule has 3 heterocycles. The van der Waals surface area contributed by atoms with E-state index < -0.39 is 17.7 Å². The molecule has 2 aliphatic heterocycles. The number of aliphatic hydroxyl groups is 1. The molecule has 4 rings (SSSR count). The summed E-state index contributed by atoms with van der Waals surface area (Å²) in [4.78, 5) is 25.8. The second kappa shape index (κ2) is 5.70. The molecule has 7 nitrogen and oxygen atoms in total. The molecule has 0 saturated carbocycles. The lowest BCUT2D eigenvalue weighted by Gasteiger charge is -2.20. The number of benzene rings is 1. The fourth-order valence-corrected chi connectivity index (χ4v) is 3.07. The molecular weight excluding hydrogens is 326 g/mol. The lowest BCUT2D eigenvalue weighted by atomic mass is 9.99. The van der Waals surface area contributed by atoms with Crippen LogP contribution in [0.2, 0.25) is 0 Å². The van der Waals surface area contributed by atoms with Crippen molar-refractivity contribution >= 4 is 17.4 Å². The van der Waals surface area contributed by atoms with Crippen molar-refractivity contribution in [1.82, 2.24) is 4.90 Å². The van der Waals surface area contributed by atoms with Gasteiger partial charge in [0, 0.05) is 12.6 Å². The number of ketones is 1. The van der Waals surface area contributed by atoms with Crippen molar-refractivity contribution in [3.63, 3.8) is 0 Å². The number of nitrogens with zero attached hydrogens (tertiary/aromatic N) is 1. The monoisotopic (exact) mass is 341 g/mol. The lowest BCUT2D eigenvalue weighted by Crippen LogP contribution is -2.24. The Kier molecular flexibility index (Phi) is 3.49. The van der Waals surface area contributed by atoms with Gasteiger partial charge < -0.3 is 23.9 Å². The van der Waals surface area contributed by atoms with Crippen molar-refractivity contribution in [2.24, 2.45) is 0 Å². The molecule has 1 saturated heterocycles. The van der Waals surface area contributed by atoms with Crippen LogP contribution in [-0.2, 0) is 9.59 Å². The number of fused-ring (bicyclic) bond motifs is 1. The van der Waals surface area contributed by atoms with Crippen LogP contribution in [0.15, 0.2) is 46.6 Å². The predicted molar refractivity (Wildman–Crippen MR) is 86.2 cm³/mol. The Labute approximate surface area is 143 Å². The number of Topliss-reactive ketones (excluding diaryl/α,β-unsaturated/α-hetero) is 1. The van der Waals surface area contributed by atoms with Gasteiger partial charge in [0.1, 0.15) is 30.8 Å². The lowest BCUT2D eigenvalue weighted by molar-refractivity contribution is -0.139. The van der Waals surface area contributed by atoms with Crippen molar-refractivity contribution in [3.05, 3.63) is 53.5 Å². The fraction of sp³-hybridized carbons (Fsp3) is 0.222. The molecule has 1 N–H and O–H groups in total. The van der Waals surface area contributed by atoms with Crippen LogP contribution >= 0.6 is 0 Å². The van der Waals surface area contributed by atoms with Gasteiger partial charge in [-0.1, -0.05) is 0 Å². The molecule has 25 heavy (non-hydrogen) atoms. The van der Waals surface area contributed by atoms with Crippen molar-refractivity contribution in [2.45, 2.75) is 6.04 Å². The second-order valence-corrected chi connectivity index (χ2v) is 5.78. The quantitative estimate of drug-likeness (QED) is 0.511. The minimum absolute atomic E-state index is 0.0147. The number of amides is 1. The molecule has 128 valence electrons. The number of hydrogen-bond donors (Lipinski definition) is 1. The Bertz CT molecular complexity index is 883. The summed E-state index contributed by atoms with van der Waals surface area (Å²) in [5.74, 6) is -0.268. The zero-order chi connectivity index (χ0) is 17.6. The normalized spacial score (nSPS) is 21.6. The van der Waals surface area contributed by atoms with E-state index in [0.717, 1.165) is 0 Å². The van der Waals surface area contributed by atoms with Crippen molar-refractivity contribution in [2.75, 3.05) is 20.3 Å². The number of furan rings is 1. The Hall–Kier alpha value is -3.22. The molecule has 1 aromatic carbocycles. The van der Waals surface area contributed by atoms with E-state index in [4.69, 9.17) is 13.9 Å². The minimum Gasteiger partial charge on any atom is -0.507 e. The summed E-state index contributed by atoms with van der Waals surface area (Å²) in [6.07, 6.45) is 1.45. The predicted octanol–water partition coefficient (Wildman–Crippen LogP) is 2.10. The van der Waals surface area contributed by atoms with E-state index in [1.807, 2.05) is 0 Å². The zero-order valence-electron chi connectivity index (χ0n) is 13.4. The van der Waals surface area contributed by atoms with Crippen LogP contribution in [-0.4, -0.2) is 42.0 Å². The molecule has 0 spiro atoms. The zero-order valence-corrected chi connectivity index (χ0v) is 13.4. The average Bonchev–Trinajstić information content (AvgIpc) is 3.24. The molecule has 1 atom stereocenters. The van der Waals surface area contributed by atoms with Gasteiger partial charge >= 0.3 is 0 Å². The SMILES string of the molecule is CN1C(=O)C(=O)/C(=C(/O)c2ccc3c(c2)OCCO3)C1c1ccco1. The van der Waals surface area contributed by atoms with Gasteiger partial charge in [-0.25, -0.2) is 0 Å². The van der Waals surface area contributed by atoms with E-state index in [2.05, 4.69) is 0 Å². The van der Waals surface area contributed by atoms with Crippen LogP contribution in [0.25, 0.3) is 5.76 Å². The first-order chi connectivity index (χ1) is 12.1. The standard InChI is InChI=1S/C18H15NO6/c1-19-15(12-3-2-6-23-12)14(17(21)18(19)22)16(20)10-4-5-11-13(9-10)25-8-7-24-11/h2-6,9,15,20H,7-8H2,1H3/b16-14+. The van der Waals surface area contributed by atoms with Crippen LogP contribution in [0.5, 0.6) is 11.5 Å². The number of likely N-dealkylation sites (N-methyl/N-ethyl adjacent to an activating group) is 1. The van der Waals surface area contributed by atoms with E-state index in [1.165, 1.54) is 18.2 Å². The number of hydrogen-bond acceptors (Lipinski definition) is 6. The number of ether oxygens (including phenoxy) is 2. The van der Waals surface area contributed by atoms with Gasteiger partial charge in [0.25, 0.3) is 11.7 Å². The number of likely N-dealkylation sites (tertiary alicyclic amines) is 1. The van der Waals surface area contributed by atoms with Gasteiger partial charge in [-0.3, -0.25) is 9.59 Å². The molecule has 1 amide bonds. The fourth-order valence-electron chi connectivity index (χ4n) is 3.07. The van der Waals surface area contributed by atoms with E-state index in [1.54, 1.807) is 30.3 Å². The number of carbonyl (C=O) groups is 2. The molecule has 0 bridgehead atoms. The topological polar surface area (TPSA) is 89.2 Å². The van der Waals surface area contributed by atoms with E-state index in [-0.39, 0.29) is 11.3 Å². The Balaban J connectivity index is 1.84. The van der Waals surface area contributed by atoms with Gasteiger partial charge in [0.05, 0.1) is 11.8 Å². The van der Waals surface area contributed by atoms with Crippen LogP contribution in [0.1, 0.15) is 17.4 Å². The summed E-state index contributed by atoms with van der Waals surface area (Å²) in [5, 5.41) is 10.7. The summed E-state index contributed by atoms with van der Waals surface area (Å²) in [6.45, 7) is 0.862. The van der Waals surface area contributed by atoms with Crippen LogP contribution in [0, 0.1) is 0 Å². The molecule has 0 radical (unpaired) electrons. The summed E-state index contributed by atoms with van der Waals surface area (Å²) in [5.41, 5.74) is 0.353. The molecular formula is C18H15NO6.